The van der Waals surface area contributed by atoms with Crippen LogP contribution in [0.3, 0.4) is 0 Å². The second-order valence-electron chi connectivity index (χ2n) is 4.31. The maximum Gasteiger partial charge on any atom is 0.356 e. The van der Waals surface area contributed by atoms with Crippen LogP contribution in [0.4, 0.5) is 0 Å². The molecular formula is C12H17N3O3. The Hall–Kier alpha value is -1.85. The van der Waals surface area contributed by atoms with Crippen molar-refractivity contribution in [1.29, 1.82) is 0 Å². The largest absolute Gasteiger partial charge is 0.461 e. The molecule has 0 aromatic carbocycles. The first-order valence-electron chi connectivity index (χ1n) is 6.02. The van der Waals surface area contributed by atoms with Crippen LogP contribution in [0.15, 0.2) is 0 Å². The molecule has 0 fully saturated rings. The summed E-state index contributed by atoms with van der Waals surface area (Å²) in [5.74, 6) is -0.363. The van der Waals surface area contributed by atoms with Gasteiger partial charge in [0.2, 0.25) is 5.91 Å². The first kappa shape index (κ1) is 12.6. The molecule has 0 radical (unpaired) electrons. The molecule has 0 atom stereocenters. The zero-order valence-corrected chi connectivity index (χ0v) is 10.9. The van der Waals surface area contributed by atoms with Crippen molar-refractivity contribution in [2.24, 2.45) is 7.05 Å². The van der Waals surface area contributed by atoms with E-state index in [1.807, 2.05) is 0 Å². The molecule has 0 N–H and O–H groups in total. The minimum atomic E-state index is -0.376. The van der Waals surface area contributed by atoms with E-state index >= 15 is 0 Å². The molecule has 2 heterocycles. The number of hydrogen-bond acceptors (Lipinski definition) is 4. The van der Waals surface area contributed by atoms with Crippen LogP contribution in [0, 0.1) is 0 Å². The number of rotatable bonds is 2. The van der Waals surface area contributed by atoms with Gasteiger partial charge in [-0.05, 0) is 6.92 Å². The number of aryl methyl sites for hydroxylation is 1. The standard InChI is InChI=1S/C12H17N3O3/c1-4-18-12(17)11-9-7-15(8(2)16)6-5-10(9)13-14(11)3/h4-7H2,1-3H3. The zero-order chi connectivity index (χ0) is 13.3. The predicted molar refractivity (Wildman–Crippen MR) is 64.0 cm³/mol. The summed E-state index contributed by atoms with van der Waals surface area (Å²) in [4.78, 5) is 25.0. The molecule has 0 saturated heterocycles. The normalized spacial score (nSPS) is 14.3. The van der Waals surface area contributed by atoms with Crippen LogP contribution in [0.5, 0.6) is 0 Å². The third kappa shape index (κ3) is 2.10. The van der Waals surface area contributed by atoms with Crippen LogP contribution >= 0.6 is 0 Å². The van der Waals surface area contributed by atoms with Crippen LogP contribution in [-0.2, 0) is 29.5 Å². The minimum absolute atomic E-state index is 0.0133. The summed E-state index contributed by atoms with van der Waals surface area (Å²) in [7, 11) is 1.72. The van der Waals surface area contributed by atoms with Crippen LogP contribution in [-0.4, -0.2) is 39.7 Å². The summed E-state index contributed by atoms with van der Waals surface area (Å²) >= 11 is 0. The molecule has 6 nitrogen and oxygen atoms in total. The Labute approximate surface area is 106 Å². The Morgan fingerprint density at radius 1 is 1.44 bits per heavy atom. The SMILES string of the molecule is CCOC(=O)c1c2c(nn1C)CCN(C(C)=O)C2. The second kappa shape index (κ2) is 4.80. The number of aromatic nitrogens is 2. The lowest BCUT2D eigenvalue weighted by Gasteiger charge is -2.25. The van der Waals surface area contributed by atoms with Crippen molar-refractivity contribution in [3.63, 3.8) is 0 Å². The number of nitrogens with zero attached hydrogens (tertiary/aromatic N) is 3. The number of hydrogen-bond donors (Lipinski definition) is 0. The monoisotopic (exact) mass is 251 g/mol. The maximum atomic E-state index is 11.9. The first-order valence-corrected chi connectivity index (χ1v) is 6.02. The van der Waals surface area contributed by atoms with E-state index in [2.05, 4.69) is 5.10 Å². The van der Waals surface area contributed by atoms with E-state index in [1.165, 1.54) is 6.92 Å². The Morgan fingerprint density at radius 3 is 2.78 bits per heavy atom. The molecule has 0 aliphatic carbocycles. The Kier molecular flexibility index (Phi) is 3.36. The summed E-state index contributed by atoms with van der Waals surface area (Å²) in [6.07, 6.45) is 0.683. The summed E-state index contributed by atoms with van der Waals surface area (Å²) in [5.41, 5.74) is 2.16. The Balaban J connectivity index is 2.35. The van der Waals surface area contributed by atoms with Gasteiger partial charge >= 0.3 is 5.97 Å². The van der Waals surface area contributed by atoms with Crippen molar-refractivity contribution in [3.8, 4) is 0 Å². The number of amides is 1. The molecule has 1 aromatic rings. The number of ether oxygens (including phenoxy) is 1. The maximum absolute atomic E-state index is 11.9. The molecule has 98 valence electrons. The van der Waals surface area contributed by atoms with E-state index in [1.54, 1.807) is 23.6 Å². The number of carbonyl (C=O) groups is 2. The fourth-order valence-corrected chi connectivity index (χ4v) is 2.22. The highest BCUT2D eigenvalue weighted by atomic mass is 16.5. The third-order valence-electron chi connectivity index (χ3n) is 3.11. The van der Waals surface area contributed by atoms with Crippen molar-refractivity contribution >= 4 is 11.9 Å². The quantitative estimate of drug-likeness (QED) is 0.718. The van der Waals surface area contributed by atoms with Gasteiger partial charge in [-0.1, -0.05) is 0 Å². The molecule has 1 amide bonds. The van der Waals surface area contributed by atoms with Crippen LogP contribution in [0.2, 0.25) is 0 Å². The predicted octanol–water partition coefficient (Wildman–Crippen LogP) is 0.501. The highest BCUT2D eigenvalue weighted by Crippen LogP contribution is 2.22. The van der Waals surface area contributed by atoms with E-state index < -0.39 is 0 Å². The van der Waals surface area contributed by atoms with Crippen molar-refractivity contribution in [3.05, 3.63) is 17.0 Å². The van der Waals surface area contributed by atoms with Gasteiger partial charge in [0.25, 0.3) is 0 Å². The second-order valence-corrected chi connectivity index (χ2v) is 4.31. The summed E-state index contributed by atoms with van der Waals surface area (Å²) in [5, 5.41) is 4.33. The van der Waals surface area contributed by atoms with Gasteiger partial charge in [0, 0.05) is 39.0 Å². The molecule has 2 rings (SSSR count). The molecule has 0 spiro atoms. The van der Waals surface area contributed by atoms with Gasteiger partial charge in [0.05, 0.1) is 12.3 Å². The summed E-state index contributed by atoms with van der Waals surface area (Å²) in [6, 6.07) is 0. The molecule has 0 bridgehead atoms. The summed E-state index contributed by atoms with van der Waals surface area (Å²) < 4.78 is 6.57. The van der Waals surface area contributed by atoms with E-state index in [0.717, 1.165) is 11.3 Å². The van der Waals surface area contributed by atoms with E-state index in [4.69, 9.17) is 4.74 Å². The fourth-order valence-electron chi connectivity index (χ4n) is 2.22. The lowest BCUT2D eigenvalue weighted by molar-refractivity contribution is -0.129. The average molecular weight is 251 g/mol. The van der Waals surface area contributed by atoms with Crippen LogP contribution in [0.1, 0.15) is 35.6 Å². The van der Waals surface area contributed by atoms with Gasteiger partial charge < -0.3 is 9.64 Å². The Morgan fingerprint density at radius 2 is 2.17 bits per heavy atom. The van der Waals surface area contributed by atoms with Crippen LogP contribution in [0.25, 0.3) is 0 Å². The lowest BCUT2D eigenvalue weighted by atomic mass is 10.1. The van der Waals surface area contributed by atoms with E-state index in [0.29, 0.717) is 31.8 Å². The lowest BCUT2D eigenvalue weighted by Crippen LogP contribution is -2.34. The molecular weight excluding hydrogens is 234 g/mol. The van der Waals surface area contributed by atoms with Gasteiger partial charge in [0.15, 0.2) is 5.69 Å². The highest BCUT2D eigenvalue weighted by molar-refractivity contribution is 5.90. The minimum Gasteiger partial charge on any atom is -0.461 e. The molecule has 1 aromatic heterocycles. The van der Waals surface area contributed by atoms with E-state index in [9.17, 15) is 9.59 Å². The smallest absolute Gasteiger partial charge is 0.356 e. The number of fused-ring (bicyclic) bond motifs is 1. The topological polar surface area (TPSA) is 64.4 Å². The van der Waals surface area contributed by atoms with Gasteiger partial charge in [-0.2, -0.15) is 5.10 Å². The van der Waals surface area contributed by atoms with Crippen molar-refractivity contribution < 1.29 is 14.3 Å². The first-order chi connectivity index (χ1) is 8.54. The zero-order valence-electron chi connectivity index (χ0n) is 10.9. The van der Waals surface area contributed by atoms with Crippen molar-refractivity contribution in [1.82, 2.24) is 14.7 Å². The number of carbonyl (C=O) groups excluding carboxylic acids is 2. The number of esters is 1. The van der Waals surface area contributed by atoms with Gasteiger partial charge in [-0.25, -0.2) is 4.79 Å². The van der Waals surface area contributed by atoms with Crippen molar-refractivity contribution in [2.45, 2.75) is 26.8 Å². The Bertz CT molecular complexity index is 493. The summed E-state index contributed by atoms with van der Waals surface area (Å²) in [6.45, 7) is 4.72. The van der Waals surface area contributed by atoms with Gasteiger partial charge in [0.1, 0.15) is 0 Å². The molecule has 1 aliphatic heterocycles. The highest BCUT2D eigenvalue weighted by Gasteiger charge is 2.28. The molecule has 18 heavy (non-hydrogen) atoms. The molecule has 1 aliphatic rings. The molecule has 0 unspecified atom stereocenters. The van der Waals surface area contributed by atoms with Gasteiger partial charge in [-0.3, -0.25) is 9.48 Å². The van der Waals surface area contributed by atoms with Crippen molar-refractivity contribution in [2.75, 3.05) is 13.2 Å². The average Bonchev–Trinajstić information content (AvgIpc) is 2.63. The fraction of sp³-hybridized carbons (Fsp3) is 0.583. The van der Waals surface area contributed by atoms with E-state index in [-0.39, 0.29) is 11.9 Å². The van der Waals surface area contributed by atoms with Crippen LogP contribution < -0.4 is 0 Å². The third-order valence-corrected chi connectivity index (χ3v) is 3.11. The van der Waals surface area contributed by atoms with Gasteiger partial charge in [-0.15, -0.1) is 0 Å². The molecule has 6 heteroatoms. The molecule has 0 saturated carbocycles.